The highest BCUT2D eigenvalue weighted by Crippen LogP contribution is 2.33. The zero-order chi connectivity index (χ0) is 21.6. The third-order valence-corrected chi connectivity index (χ3v) is 6.78. The molecular formula is C19H27N3O7S. The van der Waals surface area contributed by atoms with E-state index >= 15 is 0 Å². The van der Waals surface area contributed by atoms with Gasteiger partial charge in [0, 0.05) is 58.7 Å². The molecule has 2 aliphatic heterocycles. The van der Waals surface area contributed by atoms with Gasteiger partial charge in [-0.3, -0.25) is 9.59 Å². The molecule has 1 N–H and O–H groups in total. The van der Waals surface area contributed by atoms with Gasteiger partial charge in [-0.2, -0.15) is 4.31 Å². The molecule has 0 bridgehead atoms. The molecule has 10 nitrogen and oxygen atoms in total. The van der Waals surface area contributed by atoms with Gasteiger partial charge in [-0.1, -0.05) is 0 Å². The number of hydrogen-bond donors (Lipinski definition) is 1. The maximum absolute atomic E-state index is 13.0. The highest BCUT2D eigenvalue weighted by atomic mass is 32.2. The van der Waals surface area contributed by atoms with Crippen LogP contribution in [0.4, 0.5) is 0 Å². The van der Waals surface area contributed by atoms with Crippen LogP contribution in [-0.4, -0.2) is 89.1 Å². The molecule has 0 aromatic heterocycles. The molecule has 2 aliphatic rings. The highest BCUT2D eigenvalue weighted by Gasteiger charge is 2.31. The van der Waals surface area contributed by atoms with Crippen molar-refractivity contribution in [1.82, 2.24) is 14.5 Å². The molecule has 2 amide bonds. The van der Waals surface area contributed by atoms with Gasteiger partial charge < -0.3 is 24.4 Å². The number of nitrogens with zero attached hydrogens (tertiary/aromatic N) is 2. The maximum Gasteiger partial charge on any atom is 0.245 e. The Balaban J connectivity index is 1.54. The van der Waals surface area contributed by atoms with Crippen molar-refractivity contribution in [2.75, 3.05) is 59.7 Å². The molecule has 3 rings (SSSR count). The van der Waals surface area contributed by atoms with Crippen LogP contribution in [0.25, 0.3) is 0 Å². The first-order valence-corrected chi connectivity index (χ1v) is 11.3. The van der Waals surface area contributed by atoms with Gasteiger partial charge in [-0.25, -0.2) is 8.42 Å². The van der Waals surface area contributed by atoms with Gasteiger partial charge in [0.05, 0.1) is 18.1 Å². The fraction of sp³-hybridized carbons (Fsp3) is 0.579. The van der Waals surface area contributed by atoms with Crippen molar-refractivity contribution >= 4 is 21.8 Å². The van der Waals surface area contributed by atoms with Crippen molar-refractivity contribution in [3.8, 4) is 11.5 Å². The van der Waals surface area contributed by atoms with Gasteiger partial charge >= 0.3 is 0 Å². The molecule has 1 fully saturated rings. The summed E-state index contributed by atoms with van der Waals surface area (Å²) in [5, 5.41) is 2.60. The topological polar surface area (TPSA) is 114 Å². The van der Waals surface area contributed by atoms with Crippen molar-refractivity contribution in [3.63, 3.8) is 0 Å². The van der Waals surface area contributed by atoms with Gasteiger partial charge in [-0.05, 0) is 12.1 Å². The molecule has 0 aliphatic carbocycles. The molecule has 166 valence electrons. The molecule has 11 heteroatoms. The first-order chi connectivity index (χ1) is 14.4. The van der Waals surface area contributed by atoms with Crippen LogP contribution in [0.5, 0.6) is 11.5 Å². The Morgan fingerprint density at radius 3 is 2.50 bits per heavy atom. The fourth-order valence-corrected chi connectivity index (χ4v) is 4.72. The van der Waals surface area contributed by atoms with Gasteiger partial charge in [0.25, 0.3) is 0 Å². The summed E-state index contributed by atoms with van der Waals surface area (Å²) in [5.74, 6) is 0.564. The molecule has 0 saturated carbocycles. The van der Waals surface area contributed by atoms with Crippen LogP contribution in [0.2, 0.25) is 0 Å². The minimum absolute atomic E-state index is 0.0510. The zero-order valence-corrected chi connectivity index (χ0v) is 17.8. The van der Waals surface area contributed by atoms with E-state index in [1.54, 1.807) is 11.0 Å². The van der Waals surface area contributed by atoms with E-state index in [1.807, 2.05) is 0 Å². The number of benzene rings is 1. The number of piperazine rings is 1. The predicted octanol–water partition coefficient (Wildman–Crippen LogP) is -0.166. The molecule has 1 aromatic rings. The minimum atomic E-state index is -3.70. The van der Waals surface area contributed by atoms with Crippen LogP contribution in [0, 0.1) is 0 Å². The first-order valence-electron chi connectivity index (χ1n) is 9.85. The summed E-state index contributed by atoms with van der Waals surface area (Å²) in [6.45, 7) is 2.19. The zero-order valence-electron chi connectivity index (χ0n) is 17.0. The largest absolute Gasteiger partial charge is 0.490 e. The van der Waals surface area contributed by atoms with Gasteiger partial charge in [0.2, 0.25) is 21.8 Å². The summed E-state index contributed by atoms with van der Waals surface area (Å²) in [5.41, 5.74) is 0. The van der Waals surface area contributed by atoms with Crippen LogP contribution in [0.15, 0.2) is 23.1 Å². The molecule has 2 heterocycles. The summed E-state index contributed by atoms with van der Waals surface area (Å²) < 4.78 is 43.2. The third-order valence-electron chi connectivity index (χ3n) is 4.88. The minimum Gasteiger partial charge on any atom is -0.490 e. The van der Waals surface area contributed by atoms with Crippen LogP contribution < -0.4 is 14.8 Å². The average Bonchev–Trinajstić information content (AvgIpc) is 2.99. The summed E-state index contributed by atoms with van der Waals surface area (Å²) in [6.07, 6.45) is 0.896. The quantitative estimate of drug-likeness (QED) is 0.625. The maximum atomic E-state index is 13.0. The Bertz CT molecular complexity index is 867. The van der Waals surface area contributed by atoms with E-state index < -0.39 is 10.0 Å². The molecule has 0 atom stereocenters. The van der Waals surface area contributed by atoms with Gasteiger partial charge in [0.15, 0.2) is 11.5 Å². The summed E-state index contributed by atoms with van der Waals surface area (Å²) in [6, 6.07) is 4.63. The van der Waals surface area contributed by atoms with Crippen molar-refractivity contribution in [1.29, 1.82) is 0 Å². The highest BCUT2D eigenvalue weighted by molar-refractivity contribution is 7.89. The number of carbonyl (C=O) groups is 2. The Labute approximate surface area is 176 Å². The van der Waals surface area contributed by atoms with E-state index in [-0.39, 0.29) is 49.4 Å². The molecule has 0 spiro atoms. The standard InChI is InChI=1S/C19H27N3O7S/c1-27-14-18(23)20-6-5-19(24)21-7-9-22(10-8-21)30(25,26)15-3-4-16-17(13-15)29-12-2-11-28-16/h3-4,13H,2,5-12,14H2,1H3,(H,20,23). The van der Waals surface area contributed by atoms with Crippen molar-refractivity contribution < 1.29 is 32.2 Å². The number of carbonyl (C=O) groups excluding carboxylic acids is 2. The SMILES string of the molecule is COCC(=O)NCCC(=O)N1CCN(S(=O)(=O)c2ccc3c(c2)OCCCO3)CC1. The summed E-state index contributed by atoms with van der Waals surface area (Å²) in [7, 11) is -2.28. The van der Waals surface area contributed by atoms with E-state index in [2.05, 4.69) is 5.32 Å². The number of hydrogen-bond acceptors (Lipinski definition) is 7. The van der Waals surface area contributed by atoms with Crippen LogP contribution in [0.1, 0.15) is 12.8 Å². The monoisotopic (exact) mass is 441 g/mol. The lowest BCUT2D eigenvalue weighted by atomic mass is 10.3. The van der Waals surface area contributed by atoms with E-state index in [4.69, 9.17) is 14.2 Å². The number of fused-ring (bicyclic) bond motifs is 1. The smallest absolute Gasteiger partial charge is 0.245 e. The Morgan fingerprint density at radius 2 is 1.80 bits per heavy atom. The number of amides is 2. The lowest BCUT2D eigenvalue weighted by Gasteiger charge is -2.34. The number of methoxy groups -OCH3 is 1. The van der Waals surface area contributed by atoms with E-state index in [0.29, 0.717) is 37.8 Å². The fourth-order valence-electron chi connectivity index (χ4n) is 3.28. The number of sulfonamides is 1. The summed E-state index contributed by atoms with van der Waals surface area (Å²) >= 11 is 0. The number of nitrogens with one attached hydrogen (secondary N) is 1. The number of ether oxygens (including phenoxy) is 3. The molecular weight excluding hydrogens is 414 g/mol. The van der Waals surface area contributed by atoms with Crippen molar-refractivity contribution in [3.05, 3.63) is 18.2 Å². The van der Waals surface area contributed by atoms with Gasteiger partial charge in [0.1, 0.15) is 6.61 Å². The average molecular weight is 442 g/mol. The molecule has 30 heavy (non-hydrogen) atoms. The second-order valence-electron chi connectivity index (χ2n) is 6.98. The second-order valence-corrected chi connectivity index (χ2v) is 8.91. The lowest BCUT2D eigenvalue weighted by Crippen LogP contribution is -2.50. The van der Waals surface area contributed by atoms with E-state index in [9.17, 15) is 18.0 Å². The Morgan fingerprint density at radius 1 is 1.10 bits per heavy atom. The second kappa shape index (κ2) is 10.1. The lowest BCUT2D eigenvalue weighted by molar-refractivity contribution is -0.132. The normalized spacial score (nSPS) is 17.3. The van der Waals surface area contributed by atoms with Crippen LogP contribution in [0.3, 0.4) is 0 Å². The molecule has 0 radical (unpaired) electrons. The first kappa shape index (κ1) is 22.3. The van der Waals surface area contributed by atoms with Crippen LogP contribution in [-0.2, 0) is 24.3 Å². The summed E-state index contributed by atoms with van der Waals surface area (Å²) in [4.78, 5) is 25.4. The van der Waals surface area contributed by atoms with Crippen molar-refractivity contribution in [2.24, 2.45) is 0 Å². The van der Waals surface area contributed by atoms with Crippen LogP contribution >= 0.6 is 0 Å². The Hall–Kier alpha value is -2.37. The van der Waals surface area contributed by atoms with E-state index in [1.165, 1.54) is 23.5 Å². The molecule has 1 saturated heterocycles. The third kappa shape index (κ3) is 5.41. The number of rotatable bonds is 7. The van der Waals surface area contributed by atoms with Crippen molar-refractivity contribution in [2.45, 2.75) is 17.7 Å². The van der Waals surface area contributed by atoms with E-state index in [0.717, 1.165) is 6.42 Å². The molecule has 1 aromatic carbocycles. The molecule has 0 unspecified atom stereocenters. The Kier molecular flexibility index (Phi) is 7.51. The predicted molar refractivity (Wildman–Crippen MR) is 107 cm³/mol. The van der Waals surface area contributed by atoms with Gasteiger partial charge in [-0.15, -0.1) is 0 Å².